The molecule has 3 rings (SSSR count). The minimum absolute atomic E-state index is 0.133. The summed E-state index contributed by atoms with van der Waals surface area (Å²) in [4.78, 5) is 62.0. The lowest BCUT2D eigenvalue weighted by Gasteiger charge is -2.41. The number of pyridine rings is 1. The number of rotatable bonds is 9. The van der Waals surface area contributed by atoms with Gasteiger partial charge in [0.05, 0.1) is 24.8 Å². The number of carboxylic acids is 2. The lowest BCUT2D eigenvalue weighted by Crippen LogP contribution is -2.64. The highest BCUT2D eigenvalue weighted by atomic mass is 16.5. The van der Waals surface area contributed by atoms with Crippen LogP contribution < -0.4 is 17.2 Å². The van der Waals surface area contributed by atoms with Crippen LogP contribution >= 0.6 is 0 Å². The van der Waals surface area contributed by atoms with Crippen LogP contribution in [0, 0.1) is 17.2 Å². The van der Waals surface area contributed by atoms with Gasteiger partial charge in [0.15, 0.2) is 11.3 Å². The number of carbonyl (C=O) groups excluding carboxylic acids is 3. The number of nitrogens with zero attached hydrogens (tertiary/aromatic N) is 2. The first kappa shape index (κ1) is 35.1. The number of ketones is 1. The molecule has 0 spiro atoms. The molecule has 1 aliphatic carbocycles. The van der Waals surface area contributed by atoms with Crippen LogP contribution in [-0.2, 0) is 23.9 Å². The number of nitrogen functional groups attached to an aromatic ring is 1. The number of esters is 1. The lowest BCUT2D eigenvalue weighted by atomic mass is 9.68. The number of hydrogen-bond donors (Lipinski definition) is 6. The van der Waals surface area contributed by atoms with Crippen molar-refractivity contribution in [3.63, 3.8) is 0 Å². The first-order valence-electron chi connectivity index (χ1n) is 13.4. The molecule has 2 aliphatic rings. The normalized spacial score (nSPS) is 20.6. The van der Waals surface area contributed by atoms with Crippen LogP contribution in [-0.4, -0.2) is 86.8 Å². The van der Waals surface area contributed by atoms with E-state index in [1.54, 1.807) is 13.8 Å². The van der Waals surface area contributed by atoms with Gasteiger partial charge in [-0.15, -0.1) is 0 Å². The van der Waals surface area contributed by atoms with E-state index in [0.717, 1.165) is 39.0 Å². The molecule has 1 amide bonds. The minimum atomic E-state index is -1.70. The van der Waals surface area contributed by atoms with E-state index in [2.05, 4.69) is 4.98 Å². The van der Waals surface area contributed by atoms with Gasteiger partial charge in [-0.2, -0.15) is 0 Å². The molecule has 2 atom stereocenters. The first-order valence-corrected chi connectivity index (χ1v) is 13.4. The van der Waals surface area contributed by atoms with Gasteiger partial charge in [-0.3, -0.25) is 34.5 Å². The fourth-order valence-corrected chi connectivity index (χ4v) is 5.34. The zero-order chi connectivity index (χ0) is 31.3. The number of aromatic nitrogens is 1. The molecule has 1 unspecified atom stereocenters. The topological polar surface area (TPSA) is 253 Å². The zero-order valence-corrected chi connectivity index (χ0v) is 23.8. The number of carbonyl (C=O) groups is 5. The maximum Gasteiger partial charge on any atom is 0.332 e. The number of carboxylic acid groups (broad SMARTS) is 2. The lowest BCUT2D eigenvalue weighted by molar-refractivity contribution is -0.163. The molecule has 1 saturated heterocycles. The predicted octanol–water partition coefficient (Wildman–Crippen LogP) is 0.747. The van der Waals surface area contributed by atoms with Crippen LogP contribution in [0.5, 0.6) is 0 Å². The summed E-state index contributed by atoms with van der Waals surface area (Å²) in [5, 5.41) is 24.5. The summed E-state index contributed by atoms with van der Waals surface area (Å²) in [7, 11) is 0. The third-order valence-corrected chi connectivity index (χ3v) is 6.91. The van der Waals surface area contributed by atoms with Crippen molar-refractivity contribution >= 4 is 35.4 Å². The maximum absolute atomic E-state index is 12.7. The molecule has 1 aromatic heterocycles. The Labute approximate surface area is 239 Å². The van der Waals surface area contributed by atoms with Crippen molar-refractivity contribution < 1.29 is 38.9 Å². The van der Waals surface area contributed by atoms with Crippen molar-refractivity contribution in [1.82, 2.24) is 9.88 Å². The number of amidine groups is 1. The number of Topliss-reactive ketones (excluding diaryl/α,β-unsaturated/α-hetero) is 1. The van der Waals surface area contributed by atoms with Gasteiger partial charge in [-0.25, -0.2) is 4.79 Å². The Hall–Kier alpha value is -3.91. The number of nitrogens with two attached hydrogens (primary N) is 3. The molecule has 0 aromatic carbocycles. The minimum Gasteiger partial charge on any atom is -0.481 e. The predicted molar refractivity (Wildman–Crippen MR) is 149 cm³/mol. The molecule has 41 heavy (non-hydrogen) atoms. The maximum atomic E-state index is 12.7. The second kappa shape index (κ2) is 16.4. The van der Waals surface area contributed by atoms with Crippen LogP contribution in [0.2, 0.25) is 0 Å². The molecule has 14 nitrogen and oxygen atoms in total. The van der Waals surface area contributed by atoms with Gasteiger partial charge in [-0.05, 0) is 44.2 Å². The fourth-order valence-electron chi connectivity index (χ4n) is 5.34. The molecule has 1 aromatic rings. The van der Waals surface area contributed by atoms with Crippen LogP contribution in [0.1, 0.15) is 75.3 Å². The quantitative estimate of drug-likeness (QED) is 0.103. The molecule has 0 radical (unpaired) electrons. The third-order valence-electron chi connectivity index (χ3n) is 6.91. The number of amides is 1. The number of hydrogen-bond acceptors (Lipinski definition) is 10. The van der Waals surface area contributed by atoms with E-state index < -0.39 is 35.1 Å². The number of nitrogens with one attached hydrogen (secondary N) is 1. The van der Waals surface area contributed by atoms with Gasteiger partial charge >= 0.3 is 11.9 Å². The fraction of sp³-hybridized carbons (Fsp3) is 0.593. The molecular weight excluding hydrogens is 536 g/mol. The van der Waals surface area contributed by atoms with E-state index in [1.165, 1.54) is 23.2 Å². The molecule has 2 fully saturated rings. The van der Waals surface area contributed by atoms with E-state index in [9.17, 15) is 24.3 Å². The van der Waals surface area contributed by atoms with Crippen molar-refractivity contribution in [1.29, 1.82) is 5.41 Å². The van der Waals surface area contributed by atoms with Crippen molar-refractivity contribution in [2.45, 2.75) is 70.9 Å². The Bertz CT molecular complexity index is 1050. The molecular formula is C27H42N6O8. The Morgan fingerprint density at radius 2 is 1.68 bits per heavy atom. The highest BCUT2D eigenvalue weighted by Crippen LogP contribution is 2.45. The largest absolute Gasteiger partial charge is 0.481 e. The summed E-state index contributed by atoms with van der Waals surface area (Å²) in [6.07, 6.45) is 6.74. The van der Waals surface area contributed by atoms with E-state index in [0.29, 0.717) is 24.2 Å². The average molecular weight is 579 g/mol. The van der Waals surface area contributed by atoms with Gasteiger partial charge in [0, 0.05) is 19.7 Å². The standard InChI is InChI=1S/C18H30N2O5.C7H8N4O.C2H4O2/c1-12(2)25-16(22)11-20-9-8-14(13-6-4-3-5-7-13)18(20,17(23)24)15(21)10-19;8-6(9)5-2-1-4(3-11-5)7(10)12;1-2(3)4/h12-14H,3-11,19H2,1-2H3,(H,23,24);1-3H,(H3,8,9)(H2,10,12);1H3,(H,3,4)/t14?,18-;;/m1../s1. The third kappa shape index (κ3) is 9.90. The van der Waals surface area contributed by atoms with Gasteiger partial charge in [0.25, 0.3) is 5.97 Å². The molecule has 1 aliphatic heterocycles. The second-order valence-corrected chi connectivity index (χ2v) is 10.2. The van der Waals surface area contributed by atoms with Crippen molar-refractivity contribution in [3.8, 4) is 0 Å². The van der Waals surface area contributed by atoms with E-state index in [1.807, 2.05) is 0 Å². The summed E-state index contributed by atoms with van der Waals surface area (Å²) >= 11 is 0. The molecule has 0 bridgehead atoms. The average Bonchev–Trinajstić information content (AvgIpc) is 3.28. The van der Waals surface area contributed by atoms with Crippen LogP contribution in [0.25, 0.3) is 0 Å². The highest BCUT2D eigenvalue weighted by molar-refractivity contribution is 6.09. The Morgan fingerprint density at radius 1 is 1.10 bits per heavy atom. The molecule has 2 heterocycles. The van der Waals surface area contributed by atoms with Crippen LogP contribution in [0.4, 0.5) is 0 Å². The number of aliphatic carboxylic acids is 2. The van der Waals surface area contributed by atoms with Gasteiger partial charge in [0.2, 0.25) is 5.91 Å². The summed E-state index contributed by atoms with van der Waals surface area (Å²) in [5.41, 5.74) is 14.6. The van der Waals surface area contributed by atoms with Crippen LogP contribution in [0.15, 0.2) is 18.3 Å². The number of likely N-dealkylation sites (tertiary alicyclic amines) is 1. The summed E-state index contributed by atoms with van der Waals surface area (Å²) in [5.74, 6) is -3.82. The number of primary amides is 1. The van der Waals surface area contributed by atoms with Gasteiger partial charge in [-0.1, -0.05) is 32.1 Å². The first-order chi connectivity index (χ1) is 19.2. The summed E-state index contributed by atoms with van der Waals surface area (Å²) < 4.78 is 5.16. The van der Waals surface area contributed by atoms with Gasteiger partial charge in [0.1, 0.15) is 11.5 Å². The van der Waals surface area contributed by atoms with Crippen molar-refractivity contribution in [3.05, 3.63) is 29.6 Å². The molecule has 1 saturated carbocycles. The van der Waals surface area contributed by atoms with Crippen molar-refractivity contribution in [2.75, 3.05) is 19.6 Å². The second-order valence-electron chi connectivity index (χ2n) is 10.2. The van der Waals surface area contributed by atoms with E-state index in [4.69, 9.17) is 37.2 Å². The van der Waals surface area contributed by atoms with E-state index >= 15 is 0 Å². The molecule has 14 heteroatoms. The number of ether oxygens (including phenoxy) is 1. The highest BCUT2D eigenvalue weighted by Gasteiger charge is 2.61. The molecule has 228 valence electrons. The monoisotopic (exact) mass is 578 g/mol. The molecule has 9 N–H and O–H groups in total. The summed E-state index contributed by atoms with van der Waals surface area (Å²) in [6.45, 7) is 4.42. The van der Waals surface area contributed by atoms with Crippen LogP contribution in [0.3, 0.4) is 0 Å². The SMILES string of the molecule is CC(=O)O.CC(C)OC(=O)CN1CCC(C2CCCCC2)[C@]1(C(=O)O)C(=O)CN.N=C(N)c1ccc(C(N)=O)cn1. The van der Waals surface area contributed by atoms with Gasteiger partial charge < -0.3 is 32.2 Å². The Morgan fingerprint density at radius 3 is 2.10 bits per heavy atom. The Balaban J connectivity index is 0.000000435. The van der Waals surface area contributed by atoms with E-state index in [-0.39, 0.29) is 36.9 Å². The van der Waals surface area contributed by atoms with Crippen molar-refractivity contribution in [2.24, 2.45) is 29.0 Å². The zero-order valence-electron chi connectivity index (χ0n) is 23.8. The summed E-state index contributed by atoms with van der Waals surface area (Å²) in [6, 6.07) is 2.95. The smallest absolute Gasteiger partial charge is 0.332 e. The Kier molecular flexibility index (Phi) is 14.0.